The largest absolute Gasteiger partial charge is 0.366 e. The van der Waals surface area contributed by atoms with E-state index in [0.29, 0.717) is 21.0 Å². The topological polar surface area (TPSA) is 96.0 Å². The molecule has 0 amide bonds. The average Bonchev–Trinajstić information content (AvgIpc) is 2.72. The number of benzene rings is 3. The van der Waals surface area contributed by atoms with Crippen molar-refractivity contribution in [2.45, 2.75) is 22.8 Å². The van der Waals surface area contributed by atoms with Crippen LogP contribution in [0.15, 0.2) is 82.6 Å². The monoisotopic (exact) mass is 391 g/mol. The molecule has 0 aliphatic carbocycles. The van der Waals surface area contributed by atoms with Gasteiger partial charge in [-0.1, -0.05) is 35.9 Å². The van der Waals surface area contributed by atoms with Gasteiger partial charge in [-0.25, -0.2) is 4.21 Å². The Bertz CT molecular complexity index is 1060. The predicted octanol–water partition coefficient (Wildman–Crippen LogP) is 4.75. The van der Waals surface area contributed by atoms with Crippen LogP contribution < -0.4 is 5.32 Å². The normalized spacial score (nSPS) is 12.6. The Morgan fingerprint density at radius 1 is 1.04 bits per heavy atom. The Kier molecular flexibility index (Phi) is 5.82. The molecule has 1 N–H and O–H groups in total. The van der Waals surface area contributed by atoms with E-state index in [2.05, 4.69) is 11.4 Å². The molecule has 0 radical (unpaired) electrons. The summed E-state index contributed by atoms with van der Waals surface area (Å²) in [5, 5.41) is 23.5. The number of aryl methyl sites for hydroxylation is 1. The molecule has 6 nitrogen and oxygen atoms in total. The molecule has 0 unspecified atom stereocenters. The van der Waals surface area contributed by atoms with Crippen LogP contribution in [-0.2, 0) is 10.8 Å². The molecule has 0 saturated heterocycles. The van der Waals surface area contributed by atoms with E-state index in [-0.39, 0.29) is 5.69 Å². The van der Waals surface area contributed by atoms with E-state index in [1.807, 2.05) is 31.2 Å². The van der Waals surface area contributed by atoms with Crippen molar-refractivity contribution >= 4 is 22.2 Å². The lowest BCUT2D eigenvalue weighted by molar-refractivity contribution is -0.384. The smallest absolute Gasteiger partial charge is 0.269 e. The summed E-state index contributed by atoms with van der Waals surface area (Å²) in [6, 6.07) is 21.7. The number of non-ortho nitro benzene ring substituents is 1. The average molecular weight is 391 g/mol. The molecule has 0 fully saturated rings. The molecule has 0 aliphatic heterocycles. The quantitative estimate of drug-likeness (QED) is 0.483. The zero-order valence-corrected chi connectivity index (χ0v) is 15.8. The molecular formula is C21H17N3O3S. The third-order valence-electron chi connectivity index (χ3n) is 4.18. The second-order valence-electron chi connectivity index (χ2n) is 6.13. The summed E-state index contributed by atoms with van der Waals surface area (Å²) >= 11 is 0. The van der Waals surface area contributed by atoms with Crippen LogP contribution in [0.5, 0.6) is 0 Å². The molecule has 3 aromatic carbocycles. The van der Waals surface area contributed by atoms with E-state index in [9.17, 15) is 19.6 Å². The molecule has 2 atom stereocenters. The first-order chi connectivity index (χ1) is 13.5. The molecule has 3 aromatic rings. The number of nitriles is 1. The van der Waals surface area contributed by atoms with Crippen LogP contribution in [0, 0.1) is 28.4 Å². The fourth-order valence-corrected chi connectivity index (χ4v) is 3.94. The third-order valence-corrected chi connectivity index (χ3v) is 5.65. The fourth-order valence-electron chi connectivity index (χ4n) is 2.70. The van der Waals surface area contributed by atoms with Crippen molar-refractivity contribution in [2.24, 2.45) is 0 Å². The number of nitro groups is 1. The highest BCUT2D eigenvalue weighted by atomic mass is 32.2. The Morgan fingerprint density at radius 3 is 2.29 bits per heavy atom. The number of hydrogen-bond donors (Lipinski definition) is 1. The predicted molar refractivity (Wildman–Crippen MR) is 107 cm³/mol. The molecule has 7 heteroatoms. The second-order valence-corrected chi connectivity index (χ2v) is 7.58. The summed E-state index contributed by atoms with van der Waals surface area (Å²) < 4.78 is 13.1. The van der Waals surface area contributed by atoms with Crippen molar-refractivity contribution in [3.8, 4) is 6.07 Å². The van der Waals surface area contributed by atoms with Crippen molar-refractivity contribution < 1.29 is 9.13 Å². The summed E-state index contributed by atoms with van der Waals surface area (Å²) in [6.45, 7) is 1.96. The Morgan fingerprint density at radius 2 is 1.68 bits per heavy atom. The highest BCUT2D eigenvalue weighted by molar-refractivity contribution is 7.85. The number of nitro benzene ring substituents is 1. The van der Waals surface area contributed by atoms with E-state index in [4.69, 9.17) is 0 Å². The maximum Gasteiger partial charge on any atom is 0.269 e. The number of nitrogens with one attached hydrogen (secondary N) is 1. The third kappa shape index (κ3) is 4.24. The van der Waals surface area contributed by atoms with E-state index < -0.39 is 21.8 Å². The lowest BCUT2D eigenvalue weighted by Gasteiger charge is -2.17. The van der Waals surface area contributed by atoms with Crippen LogP contribution >= 0.6 is 0 Å². The zero-order valence-electron chi connectivity index (χ0n) is 15.0. The van der Waals surface area contributed by atoms with Crippen molar-refractivity contribution in [1.82, 2.24) is 0 Å². The van der Waals surface area contributed by atoms with Gasteiger partial charge in [0.2, 0.25) is 0 Å². The minimum atomic E-state index is -1.44. The maximum absolute atomic E-state index is 13.1. The van der Waals surface area contributed by atoms with Crippen LogP contribution in [0.25, 0.3) is 0 Å². The van der Waals surface area contributed by atoms with E-state index in [0.717, 1.165) is 5.56 Å². The zero-order chi connectivity index (χ0) is 20.1. The first-order valence-electron chi connectivity index (χ1n) is 8.47. The second kappa shape index (κ2) is 8.46. The fraction of sp³-hybridized carbons (Fsp3) is 0.0952. The lowest BCUT2D eigenvalue weighted by Crippen LogP contribution is -2.12. The highest BCUT2D eigenvalue weighted by Crippen LogP contribution is 2.28. The van der Waals surface area contributed by atoms with Gasteiger partial charge in [-0.05, 0) is 37.3 Å². The van der Waals surface area contributed by atoms with Crippen LogP contribution in [0.3, 0.4) is 0 Å². The standard InChI is InChI=1S/C21H17N3O3S/c1-15-6-12-18(13-7-15)28(27)21-5-3-2-4-19(21)20(14-22)23-16-8-10-17(11-9-16)24(25)26/h2-13,20,23H,1H3/t20-,28-/m0/s1. The molecule has 0 saturated carbocycles. The molecule has 0 aromatic heterocycles. The van der Waals surface area contributed by atoms with E-state index in [1.165, 1.54) is 12.1 Å². The summed E-state index contributed by atoms with van der Waals surface area (Å²) in [5.41, 5.74) is 2.21. The van der Waals surface area contributed by atoms with Crippen LogP contribution in [0.2, 0.25) is 0 Å². The first kappa shape index (κ1) is 19.3. The van der Waals surface area contributed by atoms with E-state index in [1.54, 1.807) is 36.4 Å². The van der Waals surface area contributed by atoms with Gasteiger partial charge in [0.1, 0.15) is 6.04 Å². The molecule has 3 rings (SSSR count). The Balaban J connectivity index is 1.91. The molecule has 0 aliphatic rings. The van der Waals surface area contributed by atoms with Gasteiger partial charge in [-0.15, -0.1) is 0 Å². The van der Waals surface area contributed by atoms with Crippen molar-refractivity contribution in [1.29, 1.82) is 5.26 Å². The van der Waals surface area contributed by atoms with Gasteiger partial charge in [0.25, 0.3) is 5.69 Å². The molecular weight excluding hydrogens is 374 g/mol. The van der Waals surface area contributed by atoms with Crippen LogP contribution in [-0.4, -0.2) is 9.13 Å². The van der Waals surface area contributed by atoms with E-state index >= 15 is 0 Å². The highest BCUT2D eigenvalue weighted by Gasteiger charge is 2.19. The molecule has 140 valence electrons. The van der Waals surface area contributed by atoms with Gasteiger partial charge < -0.3 is 5.32 Å². The van der Waals surface area contributed by atoms with Crippen LogP contribution in [0.1, 0.15) is 17.2 Å². The molecule has 0 spiro atoms. The molecule has 0 bridgehead atoms. The van der Waals surface area contributed by atoms with Gasteiger partial charge in [0.15, 0.2) is 0 Å². The van der Waals surface area contributed by atoms with Crippen LogP contribution in [0.4, 0.5) is 11.4 Å². The first-order valence-corrected chi connectivity index (χ1v) is 9.62. The molecule has 28 heavy (non-hydrogen) atoms. The van der Waals surface area contributed by atoms with Gasteiger partial charge in [-0.2, -0.15) is 5.26 Å². The van der Waals surface area contributed by atoms with Gasteiger partial charge in [-0.3, -0.25) is 10.1 Å². The number of rotatable bonds is 6. The van der Waals surface area contributed by atoms with Crippen molar-refractivity contribution in [3.05, 3.63) is 94.0 Å². The summed E-state index contributed by atoms with van der Waals surface area (Å²) in [4.78, 5) is 11.5. The Hall–Kier alpha value is -3.50. The number of nitrogens with zero attached hydrogens (tertiary/aromatic N) is 2. The minimum absolute atomic E-state index is 0.0278. The Labute approximate surface area is 165 Å². The SMILES string of the molecule is Cc1ccc([S@](=O)c2ccccc2[C@H](C#N)Nc2ccc([N+](=O)[O-])cc2)cc1. The lowest BCUT2D eigenvalue weighted by atomic mass is 10.1. The number of anilines is 1. The van der Waals surface area contributed by atoms with Gasteiger partial charge >= 0.3 is 0 Å². The minimum Gasteiger partial charge on any atom is -0.366 e. The maximum atomic E-state index is 13.1. The number of hydrogen-bond acceptors (Lipinski definition) is 5. The summed E-state index contributed by atoms with van der Waals surface area (Å²) in [7, 11) is -1.44. The van der Waals surface area contributed by atoms with Gasteiger partial charge in [0, 0.05) is 28.3 Å². The van der Waals surface area contributed by atoms with Crippen molar-refractivity contribution in [2.75, 3.05) is 5.32 Å². The summed E-state index contributed by atoms with van der Waals surface area (Å²) in [6.07, 6.45) is 0. The summed E-state index contributed by atoms with van der Waals surface area (Å²) in [5.74, 6) is 0. The van der Waals surface area contributed by atoms with Gasteiger partial charge in [0.05, 0.1) is 26.7 Å². The van der Waals surface area contributed by atoms with Crippen molar-refractivity contribution in [3.63, 3.8) is 0 Å². The molecule has 0 heterocycles.